The van der Waals surface area contributed by atoms with Gasteiger partial charge in [-0.25, -0.2) is 0 Å². The van der Waals surface area contributed by atoms with Gasteiger partial charge in [-0.2, -0.15) is 5.10 Å². The van der Waals surface area contributed by atoms with E-state index in [9.17, 15) is 0 Å². The van der Waals surface area contributed by atoms with Crippen molar-refractivity contribution in [3.8, 4) is 11.3 Å². The van der Waals surface area contributed by atoms with Gasteiger partial charge in [-0.3, -0.25) is 5.10 Å². The first-order valence-electron chi connectivity index (χ1n) is 5.76. The van der Waals surface area contributed by atoms with Crippen molar-refractivity contribution in [3.63, 3.8) is 0 Å². The van der Waals surface area contributed by atoms with Crippen LogP contribution in [0.5, 0.6) is 0 Å². The van der Waals surface area contributed by atoms with E-state index in [1.165, 1.54) is 11.1 Å². The van der Waals surface area contributed by atoms with Crippen molar-refractivity contribution < 1.29 is 0 Å². The lowest BCUT2D eigenvalue weighted by atomic mass is 10.0. The Bertz CT molecular complexity index is 452. The number of aromatic nitrogens is 2. The molecule has 0 atom stereocenters. The average Bonchev–Trinajstić information content (AvgIpc) is 2.65. The second-order valence-electron chi connectivity index (χ2n) is 4.73. The molecule has 0 fully saturated rings. The minimum Gasteiger partial charge on any atom is -0.282 e. The molecule has 84 valence electrons. The molecule has 0 bridgehead atoms. The number of hydrogen-bond acceptors (Lipinski definition) is 1. The fraction of sp³-hybridized carbons (Fsp3) is 0.357. The molecule has 16 heavy (non-hydrogen) atoms. The molecular weight excluding hydrogens is 196 g/mol. The van der Waals surface area contributed by atoms with Crippen LogP contribution in [0, 0.1) is 12.8 Å². The molecule has 0 saturated carbocycles. The second kappa shape index (κ2) is 4.52. The number of H-pyrrole nitrogens is 1. The van der Waals surface area contributed by atoms with Gasteiger partial charge >= 0.3 is 0 Å². The summed E-state index contributed by atoms with van der Waals surface area (Å²) in [4.78, 5) is 0. The van der Waals surface area contributed by atoms with Crippen LogP contribution in [0.1, 0.15) is 25.1 Å². The van der Waals surface area contributed by atoms with E-state index in [0.29, 0.717) is 5.92 Å². The highest BCUT2D eigenvalue weighted by Gasteiger charge is 2.02. The Kier molecular flexibility index (Phi) is 3.09. The van der Waals surface area contributed by atoms with Gasteiger partial charge in [0.25, 0.3) is 0 Å². The zero-order valence-electron chi connectivity index (χ0n) is 10.1. The number of nitrogens with zero attached hydrogens (tertiary/aromatic N) is 1. The molecule has 1 heterocycles. The van der Waals surface area contributed by atoms with Gasteiger partial charge in [-0.05, 0) is 30.9 Å². The lowest BCUT2D eigenvalue weighted by molar-refractivity contribution is 0.647. The highest BCUT2D eigenvalue weighted by atomic mass is 15.1. The van der Waals surface area contributed by atoms with E-state index in [1.807, 2.05) is 6.92 Å². The Balaban J connectivity index is 2.19. The van der Waals surface area contributed by atoms with Crippen molar-refractivity contribution in [2.24, 2.45) is 5.92 Å². The van der Waals surface area contributed by atoms with Gasteiger partial charge in [0.15, 0.2) is 0 Å². The maximum absolute atomic E-state index is 4.25. The van der Waals surface area contributed by atoms with Gasteiger partial charge < -0.3 is 0 Å². The van der Waals surface area contributed by atoms with Gasteiger partial charge in [0.1, 0.15) is 0 Å². The average molecular weight is 214 g/mol. The number of aromatic amines is 1. The predicted molar refractivity (Wildman–Crippen MR) is 67.3 cm³/mol. The van der Waals surface area contributed by atoms with Crippen molar-refractivity contribution in [2.75, 3.05) is 0 Å². The molecule has 2 aromatic rings. The summed E-state index contributed by atoms with van der Waals surface area (Å²) < 4.78 is 0. The topological polar surface area (TPSA) is 28.7 Å². The standard InChI is InChI=1S/C14H18N2/c1-10(2)8-12-4-6-13(7-5-12)14-9-11(3)15-16-14/h4-7,9-10H,8H2,1-3H3,(H,15,16). The van der Waals surface area contributed by atoms with Crippen LogP contribution in [0.2, 0.25) is 0 Å². The monoisotopic (exact) mass is 214 g/mol. The van der Waals surface area contributed by atoms with Crippen molar-refractivity contribution in [1.29, 1.82) is 0 Å². The molecule has 0 aliphatic heterocycles. The van der Waals surface area contributed by atoms with Gasteiger partial charge in [0.2, 0.25) is 0 Å². The van der Waals surface area contributed by atoms with Crippen molar-refractivity contribution in [3.05, 3.63) is 41.6 Å². The van der Waals surface area contributed by atoms with E-state index < -0.39 is 0 Å². The summed E-state index contributed by atoms with van der Waals surface area (Å²) in [7, 11) is 0. The predicted octanol–water partition coefficient (Wildman–Crippen LogP) is 3.58. The van der Waals surface area contributed by atoms with Crippen molar-refractivity contribution >= 4 is 0 Å². The molecule has 0 radical (unpaired) electrons. The summed E-state index contributed by atoms with van der Waals surface area (Å²) in [6.07, 6.45) is 1.14. The molecule has 1 aromatic carbocycles. The maximum Gasteiger partial charge on any atom is 0.0923 e. The normalized spacial score (nSPS) is 11.0. The van der Waals surface area contributed by atoms with Crippen LogP contribution in [0.15, 0.2) is 30.3 Å². The third-order valence-electron chi connectivity index (χ3n) is 2.60. The maximum atomic E-state index is 4.25. The molecule has 2 rings (SSSR count). The highest BCUT2D eigenvalue weighted by Crippen LogP contribution is 2.19. The van der Waals surface area contributed by atoms with Gasteiger partial charge in [0.05, 0.1) is 5.69 Å². The zero-order chi connectivity index (χ0) is 11.5. The van der Waals surface area contributed by atoms with E-state index >= 15 is 0 Å². The minimum absolute atomic E-state index is 0.707. The summed E-state index contributed by atoms with van der Waals surface area (Å²) in [5.74, 6) is 0.707. The summed E-state index contributed by atoms with van der Waals surface area (Å²) in [6, 6.07) is 10.7. The van der Waals surface area contributed by atoms with Crippen LogP contribution in [0.25, 0.3) is 11.3 Å². The fourth-order valence-corrected chi connectivity index (χ4v) is 1.85. The Morgan fingerprint density at radius 1 is 1.19 bits per heavy atom. The molecule has 0 aliphatic rings. The van der Waals surface area contributed by atoms with E-state index in [0.717, 1.165) is 17.8 Å². The first-order chi connectivity index (χ1) is 7.65. The molecular formula is C14H18N2. The Morgan fingerprint density at radius 3 is 2.38 bits per heavy atom. The summed E-state index contributed by atoms with van der Waals surface area (Å²) >= 11 is 0. The van der Waals surface area contributed by atoms with Gasteiger partial charge in [-0.1, -0.05) is 38.1 Å². The molecule has 2 nitrogen and oxygen atoms in total. The van der Waals surface area contributed by atoms with Crippen LogP contribution >= 0.6 is 0 Å². The van der Waals surface area contributed by atoms with E-state index in [-0.39, 0.29) is 0 Å². The summed E-state index contributed by atoms with van der Waals surface area (Å²) in [5, 5.41) is 7.22. The number of benzene rings is 1. The van der Waals surface area contributed by atoms with Gasteiger partial charge in [0, 0.05) is 11.3 Å². The first kappa shape index (κ1) is 10.9. The minimum atomic E-state index is 0.707. The van der Waals surface area contributed by atoms with Crippen LogP contribution in [0.4, 0.5) is 0 Å². The fourth-order valence-electron chi connectivity index (χ4n) is 1.85. The summed E-state index contributed by atoms with van der Waals surface area (Å²) in [6.45, 7) is 6.50. The van der Waals surface area contributed by atoms with Gasteiger partial charge in [-0.15, -0.1) is 0 Å². The van der Waals surface area contributed by atoms with Crippen LogP contribution < -0.4 is 0 Å². The SMILES string of the molecule is Cc1cc(-c2ccc(CC(C)C)cc2)n[nH]1. The van der Waals surface area contributed by atoms with E-state index in [1.54, 1.807) is 0 Å². The molecule has 0 amide bonds. The van der Waals surface area contributed by atoms with E-state index in [2.05, 4.69) is 54.4 Å². The Hall–Kier alpha value is -1.57. The molecule has 0 unspecified atom stereocenters. The lowest BCUT2D eigenvalue weighted by Gasteiger charge is -2.05. The highest BCUT2D eigenvalue weighted by molar-refractivity contribution is 5.59. The second-order valence-corrected chi connectivity index (χ2v) is 4.73. The molecule has 1 N–H and O–H groups in total. The van der Waals surface area contributed by atoms with Crippen LogP contribution in [-0.2, 0) is 6.42 Å². The Morgan fingerprint density at radius 2 is 1.88 bits per heavy atom. The molecule has 0 aliphatic carbocycles. The Labute approximate surface area is 96.7 Å². The van der Waals surface area contributed by atoms with Crippen LogP contribution in [0.3, 0.4) is 0 Å². The summed E-state index contributed by atoms with van der Waals surface area (Å²) in [5.41, 5.74) is 4.69. The smallest absolute Gasteiger partial charge is 0.0923 e. The zero-order valence-corrected chi connectivity index (χ0v) is 10.1. The quantitative estimate of drug-likeness (QED) is 0.831. The molecule has 0 saturated heterocycles. The molecule has 2 heteroatoms. The van der Waals surface area contributed by atoms with Crippen molar-refractivity contribution in [2.45, 2.75) is 27.2 Å². The number of aryl methyl sites for hydroxylation is 1. The lowest BCUT2D eigenvalue weighted by Crippen LogP contribution is -1.93. The number of nitrogens with one attached hydrogen (secondary N) is 1. The third kappa shape index (κ3) is 2.51. The number of hydrogen-bond donors (Lipinski definition) is 1. The third-order valence-corrected chi connectivity index (χ3v) is 2.60. The first-order valence-corrected chi connectivity index (χ1v) is 5.76. The largest absolute Gasteiger partial charge is 0.282 e. The van der Waals surface area contributed by atoms with Crippen LogP contribution in [-0.4, -0.2) is 10.2 Å². The van der Waals surface area contributed by atoms with Crippen molar-refractivity contribution in [1.82, 2.24) is 10.2 Å². The molecule has 1 aromatic heterocycles. The van der Waals surface area contributed by atoms with E-state index in [4.69, 9.17) is 0 Å². The molecule has 0 spiro atoms. The number of rotatable bonds is 3.